The molecule has 0 spiro atoms. The van der Waals surface area contributed by atoms with Crippen LogP contribution in [0.25, 0.3) is 0 Å². The van der Waals surface area contributed by atoms with Gasteiger partial charge in [0.2, 0.25) is 0 Å². The van der Waals surface area contributed by atoms with Gasteiger partial charge in [-0.3, -0.25) is 0 Å². The summed E-state index contributed by atoms with van der Waals surface area (Å²) in [5, 5.41) is 3.55. The third kappa shape index (κ3) is 4.29. The van der Waals surface area contributed by atoms with Gasteiger partial charge in [-0.15, -0.1) is 0 Å². The van der Waals surface area contributed by atoms with E-state index in [1.54, 1.807) is 12.1 Å². The number of piperidine rings is 1. The molecule has 0 aromatic heterocycles. The van der Waals surface area contributed by atoms with Crippen molar-refractivity contribution in [1.29, 1.82) is 0 Å². The van der Waals surface area contributed by atoms with Gasteiger partial charge in [0.1, 0.15) is 5.82 Å². The Bertz CT molecular complexity index is 409. The minimum atomic E-state index is -0.140. The lowest BCUT2D eigenvalue weighted by Gasteiger charge is -2.29. The third-order valence-corrected chi connectivity index (χ3v) is 3.85. The minimum Gasteiger partial charge on any atom is -0.310 e. The molecule has 105 valence electrons. The maximum absolute atomic E-state index is 13.6. The fourth-order valence-electron chi connectivity index (χ4n) is 2.52. The van der Waals surface area contributed by atoms with Crippen LogP contribution in [0.2, 0.25) is 0 Å². The highest BCUT2D eigenvalue weighted by Crippen LogP contribution is 2.17. The second-order valence-corrected chi connectivity index (χ2v) is 5.81. The molecular formula is C16H24FN2. The molecule has 1 saturated heterocycles. The SMILES string of the molecule is C[C](C)c1cc(F)cc(CNC2CCN(C)CC2)c1. The second kappa shape index (κ2) is 6.49. The van der Waals surface area contributed by atoms with E-state index in [1.165, 1.54) is 12.8 Å². The summed E-state index contributed by atoms with van der Waals surface area (Å²) in [5.41, 5.74) is 2.04. The molecule has 3 heteroatoms. The normalized spacial score (nSPS) is 18.2. The van der Waals surface area contributed by atoms with E-state index in [9.17, 15) is 4.39 Å². The van der Waals surface area contributed by atoms with Gasteiger partial charge in [-0.2, -0.15) is 0 Å². The highest BCUT2D eigenvalue weighted by atomic mass is 19.1. The summed E-state index contributed by atoms with van der Waals surface area (Å²) in [4.78, 5) is 2.36. The number of rotatable bonds is 4. The van der Waals surface area contributed by atoms with Crippen LogP contribution in [-0.2, 0) is 6.54 Å². The van der Waals surface area contributed by atoms with Gasteiger partial charge in [-0.1, -0.05) is 19.9 Å². The smallest absolute Gasteiger partial charge is 0.123 e. The van der Waals surface area contributed by atoms with Crippen LogP contribution < -0.4 is 5.32 Å². The van der Waals surface area contributed by atoms with Crippen molar-refractivity contribution in [3.63, 3.8) is 0 Å². The van der Waals surface area contributed by atoms with Gasteiger partial charge in [0.25, 0.3) is 0 Å². The molecule has 1 aromatic rings. The maximum Gasteiger partial charge on any atom is 0.123 e. The van der Waals surface area contributed by atoms with E-state index in [0.717, 1.165) is 36.7 Å². The van der Waals surface area contributed by atoms with E-state index in [1.807, 2.05) is 13.8 Å². The predicted molar refractivity (Wildman–Crippen MR) is 77.5 cm³/mol. The molecule has 2 nitrogen and oxygen atoms in total. The quantitative estimate of drug-likeness (QED) is 0.898. The molecule has 0 bridgehead atoms. The standard InChI is InChI=1S/C16H24FN2/c1-12(2)14-8-13(9-15(17)10-14)11-18-16-4-6-19(3)7-5-16/h8-10,16,18H,4-7,11H2,1-3H3. The van der Waals surface area contributed by atoms with E-state index in [0.29, 0.717) is 6.04 Å². The summed E-state index contributed by atoms with van der Waals surface area (Å²) in [5.74, 6) is 1.01. The van der Waals surface area contributed by atoms with Crippen LogP contribution in [0, 0.1) is 11.7 Å². The molecule has 0 aliphatic carbocycles. The molecule has 1 aliphatic rings. The van der Waals surface area contributed by atoms with Gasteiger partial charge < -0.3 is 10.2 Å². The number of benzene rings is 1. The lowest BCUT2D eigenvalue weighted by atomic mass is 10.00. The van der Waals surface area contributed by atoms with Crippen LogP contribution >= 0.6 is 0 Å². The molecule has 1 fully saturated rings. The highest BCUT2D eigenvalue weighted by molar-refractivity contribution is 5.33. The number of halogens is 1. The fraction of sp³-hybridized carbons (Fsp3) is 0.562. The van der Waals surface area contributed by atoms with Gasteiger partial charge in [0.15, 0.2) is 0 Å². The van der Waals surface area contributed by atoms with Gasteiger partial charge in [-0.25, -0.2) is 4.39 Å². The molecular weight excluding hydrogens is 239 g/mol. The Hall–Kier alpha value is -0.930. The van der Waals surface area contributed by atoms with Crippen molar-refractivity contribution >= 4 is 0 Å². The average molecular weight is 263 g/mol. The number of nitrogens with one attached hydrogen (secondary N) is 1. The van der Waals surface area contributed by atoms with Crippen molar-refractivity contribution in [3.05, 3.63) is 41.1 Å². The number of nitrogens with zero attached hydrogens (tertiary/aromatic N) is 1. The largest absolute Gasteiger partial charge is 0.310 e. The Morgan fingerprint density at radius 3 is 2.58 bits per heavy atom. The zero-order valence-electron chi connectivity index (χ0n) is 12.2. The van der Waals surface area contributed by atoms with Crippen molar-refractivity contribution in [1.82, 2.24) is 10.2 Å². The molecule has 19 heavy (non-hydrogen) atoms. The Labute approximate surface area is 116 Å². The van der Waals surface area contributed by atoms with Crippen molar-refractivity contribution in [3.8, 4) is 0 Å². The number of likely N-dealkylation sites (tertiary alicyclic amines) is 1. The van der Waals surface area contributed by atoms with Crippen molar-refractivity contribution in [2.45, 2.75) is 39.3 Å². The molecule has 1 aliphatic heterocycles. The molecule has 0 amide bonds. The van der Waals surface area contributed by atoms with Crippen molar-refractivity contribution < 1.29 is 4.39 Å². The van der Waals surface area contributed by atoms with Crippen LogP contribution in [0.3, 0.4) is 0 Å². The molecule has 0 unspecified atom stereocenters. The summed E-state index contributed by atoms with van der Waals surface area (Å²) in [7, 11) is 2.16. The zero-order chi connectivity index (χ0) is 13.8. The Morgan fingerprint density at radius 1 is 1.26 bits per heavy atom. The van der Waals surface area contributed by atoms with Gasteiger partial charge in [-0.05, 0) is 62.2 Å². The van der Waals surface area contributed by atoms with E-state index >= 15 is 0 Å². The Kier molecular flexibility index (Phi) is 4.94. The molecule has 1 heterocycles. The minimum absolute atomic E-state index is 0.140. The first kappa shape index (κ1) is 14.5. The van der Waals surface area contributed by atoms with E-state index in [2.05, 4.69) is 23.3 Å². The summed E-state index contributed by atoms with van der Waals surface area (Å²) in [6.45, 7) is 7.08. The first-order valence-electron chi connectivity index (χ1n) is 7.06. The monoisotopic (exact) mass is 263 g/mol. The lowest BCUT2D eigenvalue weighted by molar-refractivity contribution is 0.234. The van der Waals surface area contributed by atoms with E-state index < -0.39 is 0 Å². The number of hydrogen-bond acceptors (Lipinski definition) is 2. The summed E-state index contributed by atoms with van der Waals surface area (Å²) in [6, 6.07) is 5.89. The van der Waals surface area contributed by atoms with Crippen LogP contribution in [0.1, 0.15) is 37.8 Å². The second-order valence-electron chi connectivity index (χ2n) is 5.81. The fourth-order valence-corrected chi connectivity index (χ4v) is 2.52. The van der Waals surface area contributed by atoms with Crippen molar-refractivity contribution in [2.75, 3.05) is 20.1 Å². The molecule has 0 atom stereocenters. The van der Waals surface area contributed by atoms with Crippen LogP contribution in [0.4, 0.5) is 4.39 Å². The van der Waals surface area contributed by atoms with E-state index in [4.69, 9.17) is 0 Å². The van der Waals surface area contributed by atoms with E-state index in [-0.39, 0.29) is 5.82 Å². The third-order valence-electron chi connectivity index (χ3n) is 3.85. The first-order chi connectivity index (χ1) is 9.04. The van der Waals surface area contributed by atoms with Crippen LogP contribution in [0.15, 0.2) is 18.2 Å². The van der Waals surface area contributed by atoms with Crippen molar-refractivity contribution in [2.24, 2.45) is 0 Å². The first-order valence-corrected chi connectivity index (χ1v) is 7.06. The molecule has 1 aromatic carbocycles. The predicted octanol–water partition coefficient (Wildman–Crippen LogP) is 2.97. The highest BCUT2D eigenvalue weighted by Gasteiger charge is 2.16. The molecule has 0 saturated carbocycles. The molecule has 1 radical (unpaired) electrons. The Balaban J connectivity index is 1.92. The summed E-state index contributed by atoms with van der Waals surface area (Å²) < 4.78 is 13.6. The zero-order valence-corrected chi connectivity index (χ0v) is 12.2. The summed E-state index contributed by atoms with van der Waals surface area (Å²) >= 11 is 0. The van der Waals surface area contributed by atoms with Crippen LogP contribution in [-0.4, -0.2) is 31.1 Å². The summed E-state index contributed by atoms with van der Waals surface area (Å²) in [6.07, 6.45) is 2.36. The number of hydrogen-bond donors (Lipinski definition) is 1. The van der Waals surface area contributed by atoms with Crippen LogP contribution in [0.5, 0.6) is 0 Å². The maximum atomic E-state index is 13.6. The van der Waals surface area contributed by atoms with Gasteiger partial charge >= 0.3 is 0 Å². The average Bonchev–Trinajstić information content (AvgIpc) is 2.37. The molecule has 2 rings (SSSR count). The molecule has 1 N–H and O–H groups in total. The van der Waals surface area contributed by atoms with Gasteiger partial charge in [0.05, 0.1) is 0 Å². The topological polar surface area (TPSA) is 15.3 Å². The Morgan fingerprint density at radius 2 is 1.95 bits per heavy atom. The van der Waals surface area contributed by atoms with Gasteiger partial charge in [0, 0.05) is 12.6 Å². The lowest BCUT2D eigenvalue weighted by Crippen LogP contribution is -2.40.